The lowest BCUT2D eigenvalue weighted by Crippen LogP contribution is -2.49. The molecule has 0 aliphatic carbocycles. The molecule has 0 spiro atoms. The third-order valence-corrected chi connectivity index (χ3v) is 7.19. The van der Waals surface area contributed by atoms with Crippen LogP contribution in [0.15, 0.2) is 36.5 Å². The summed E-state index contributed by atoms with van der Waals surface area (Å²) in [5.41, 5.74) is 4.01. The maximum Gasteiger partial charge on any atom is 0.339 e. The molecule has 2 aromatic carbocycles. The van der Waals surface area contributed by atoms with Crippen molar-refractivity contribution >= 4 is 16.9 Å². The number of piperazine rings is 1. The van der Waals surface area contributed by atoms with Crippen LogP contribution in [-0.2, 0) is 11.3 Å². The number of aromatic amines is 1. The van der Waals surface area contributed by atoms with E-state index in [4.69, 9.17) is 14.2 Å². The van der Waals surface area contributed by atoms with E-state index in [1.54, 1.807) is 24.1 Å². The van der Waals surface area contributed by atoms with Crippen molar-refractivity contribution in [1.82, 2.24) is 14.8 Å². The number of methoxy groups -OCH3 is 1. The summed E-state index contributed by atoms with van der Waals surface area (Å²) in [6.07, 6.45) is -0.738. The van der Waals surface area contributed by atoms with Gasteiger partial charge in [0, 0.05) is 54.9 Å². The van der Waals surface area contributed by atoms with Gasteiger partial charge in [0.25, 0.3) is 6.43 Å². The Balaban J connectivity index is 1.51. The van der Waals surface area contributed by atoms with Gasteiger partial charge in [0.2, 0.25) is 0 Å². The highest BCUT2D eigenvalue weighted by molar-refractivity contribution is 5.91. The Morgan fingerprint density at radius 1 is 1.22 bits per heavy atom. The van der Waals surface area contributed by atoms with Crippen molar-refractivity contribution in [3.05, 3.63) is 58.8 Å². The van der Waals surface area contributed by atoms with Crippen LogP contribution in [0, 0.1) is 6.92 Å². The fraction of sp³-hybridized carbons (Fsp3) is 0.444. The number of H-pyrrole nitrogens is 1. The number of alkyl halides is 2. The number of aromatic nitrogens is 1. The summed E-state index contributed by atoms with van der Waals surface area (Å²) in [6, 6.07) is 8.81. The molecular weight excluding hydrogens is 484 g/mol. The molecule has 2 aliphatic heterocycles. The second-order valence-corrected chi connectivity index (χ2v) is 9.62. The fourth-order valence-corrected chi connectivity index (χ4v) is 5.21. The molecule has 0 amide bonds. The second-order valence-electron chi connectivity index (χ2n) is 9.62. The van der Waals surface area contributed by atoms with Gasteiger partial charge in [-0.15, -0.1) is 0 Å². The molecule has 2 saturated heterocycles. The van der Waals surface area contributed by atoms with Crippen molar-refractivity contribution in [2.75, 3.05) is 46.5 Å². The molecule has 3 aromatic rings. The maximum absolute atomic E-state index is 13.3. The van der Waals surface area contributed by atoms with Crippen molar-refractivity contribution in [2.45, 2.75) is 32.0 Å². The first-order chi connectivity index (χ1) is 17.8. The number of fused-ring (bicyclic) bond motifs is 1. The Bertz CT molecular complexity index is 1280. The molecule has 0 unspecified atom stereocenters. The lowest BCUT2D eigenvalue weighted by molar-refractivity contribution is -0.0800. The van der Waals surface area contributed by atoms with E-state index in [9.17, 15) is 18.7 Å². The van der Waals surface area contributed by atoms with Gasteiger partial charge in [-0.1, -0.05) is 6.07 Å². The SMILES string of the molecule is COc1cc(C)c2[nH]ccc2c1CN1CCN(CC(F)F)C[C@@H]1c1ccc(C(=O)O)c(OC2COC2)c1. The minimum atomic E-state index is -2.43. The normalized spacial score (nSPS) is 19.3. The van der Waals surface area contributed by atoms with E-state index >= 15 is 0 Å². The lowest BCUT2D eigenvalue weighted by Gasteiger charge is -2.42. The number of carbonyl (C=O) groups is 1. The van der Waals surface area contributed by atoms with Gasteiger partial charge in [0.15, 0.2) is 0 Å². The van der Waals surface area contributed by atoms with Gasteiger partial charge >= 0.3 is 5.97 Å². The molecule has 2 N–H and O–H groups in total. The minimum Gasteiger partial charge on any atom is -0.496 e. The summed E-state index contributed by atoms with van der Waals surface area (Å²) in [5.74, 6) is -0.0420. The average Bonchev–Trinajstić information content (AvgIpc) is 3.34. The summed E-state index contributed by atoms with van der Waals surface area (Å²) in [7, 11) is 1.65. The number of nitrogens with zero attached hydrogens (tertiary/aromatic N) is 2. The van der Waals surface area contributed by atoms with Crippen molar-refractivity contribution in [1.29, 1.82) is 0 Å². The first kappa shape index (κ1) is 25.4. The first-order valence-corrected chi connectivity index (χ1v) is 12.3. The van der Waals surface area contributed by atoms with Crippen molar-refractivity contribution in [3.8, 4) is 11.5 Å². The number of hydrogen-bond donors (Lipinski definition) is 2. The van der Waals surface area contributed by atoms with Crippen LogP contribution in [-0.4, -0.2) is 84.9 Å². The number of carboxylic acid groups (broad SMARTS) is 1. The summed E-state index contributed by atoms with van der Waals surface area (Å²) in [6.45, 7) is 4.51. The fourth-order valence-electron chi connectivity index (χ4n) is 5.21. The monoisotopic (exact) mass is 515 g/mol. The number of rotatable bonds is 9. The van der Waals surface area contributed by atoms with Crippen molar-refractivity contribution in [2.24, 2.45) is 0 Å². The highest BCUT2D eigenvalue weighted by atomic mass is 19.3. The third-order valence-electron chi connectivity index (χ3n) is 7.19. The number of aryl methyl sites for hydroxylation is 1. The zero-order valence-corrected chi connectivity index (χ0v) is 20.9. The van der Waals surface area contributed by atoms with Crippen LogP contribution in [0.4, 0.5) is 8.78 Å². The average molecular weight is 516 g/mol. The number of halogens is 2. The van der Waals surface area contributed by atoms with Gasteiger partial charge in [-0.05, 0) is 42.3 Å². The minimum absolute atomic E-state index is 0.0664. The summed E-state index contributed by atoms with van der Waals surface area (Å²) < 4.78 is 43.4. The number of carboxylic acids is 1. The number of hydrogen-bond acceptors (Lipinski definition) is 6. The molecule has 198 valence electrons. The number of benzene rings is 2. The van der Waals surface area contributed by atoms with Crippen LogP contribution < -0.4 is 9.47 Å². The van der Waals surface area contributed by atoms with E-state index in [1.165, 1.54) is 6.07 Å². The quantitative estimate of drug-likeness (QED) is 0.444. The molecule has 2 aliphatic rings. The van der Waals surface area contributed by atoms with Gasteiger partial charge < -0.3 is 24.3 Å². The predicted octanol–water partition coefficient (Wildman–Crippen LogP) is 4.08. The van der Waals surface area contributed by atoms with Crippen LogP contribution in [0.3, 0.4) is 0 Å². The third kappa shape index (κ3) is 5.27. The molecular formula is C27H31F2N3O5. The number of nitrogens with one attached hydrogen (secondary N) is 1. The van der Waals surface area contributed by atoms with Crippen LogP contribution >= 0.6 is 0 Å². The Kier molecular flexibility index (Phi) is 7.32. The smallest absolute Gasteiger partial charge is 0.339 e. The van der Waals surface area contributed by atoms with Crippen LogP contribution in [0.5, 0.6) is 11.5 Å². The highest BCUT2D eigenvalue weighted by Gasteiger charge is 2.32. The highest BCUT2D eigenvalue weighted by Crippen LogP contribution is 2.36. The molecule has 3 heterocycles. The summed E-state index contributed by atoms with van der Waals surface area (Å²) >= 11 is 0. The largest absolute Gasteiger partial charge is 0.496 e. The van der Waals surface area contributed by atoms with Crippen molar-refractivity contribution < 1.29 is 32.9 Å². The number of aromatic carboxylic acids is 1. The Morgan fingerprint density at radius 3 is 2.70 bits per heavy atom. The standard InChI is InChI=1S/C27H31F2N3O5/c1-16-9-23(35-2)21(19-5-6-30-26(16)19)11-32-8-7-31(13-25(28)29)12-22(32)17-3-4-20(27(33)34)24(10-17)37-18-14-36-15-18/h3-6,9-10,18,22,25,30H,7-8,11-15H2,1-2H3,(H,33,34)/t22-/m1/s1. The second kappa shape index (κ2) is 10.6. The molecule has 1 aromatic heterocycles. The zero-order chi connectivity index (χ0) is 26.1. The van der Waals surface area contributed by atoms with Gasteiger partial charge in [0.1, 0.15) is 23.2 Å². The van der Waals surface area contributed by atoms with Gasteiger partial charge in [-0.2, -0.15) is 0 Å². The molecule has 0 saturated carbocycles. The van der Waals surface area contributed by atoms with Gasteiger partial charge in [-0.25, -0.2) is 13.6 Å². The van der Waals surface area contributed by atoms with E-state index in [0.29, 0.717) is 39.4 Å². The van der Waals surface area contributed by atoms with E-state index in [-0.39, 0.29) is 30.0 Å². The molecule has 5 rings (SSSR count). The number of ether oxygens (including phenoxy) is 3. The molecule has 37 heavy (non-hydrogen) atoms. The zero-order valence-electron chi connectivity index (χ0n) is 20.9. The van der Waals surface area contributed by atoms with Gasteiger partial charge in [0.05, 0.1) is 26.9 Å². The molecule has 0 radical (unpaired) electrons. The maximum atomic E-state index is 13.3. The Morgan fingerprint density at radius 2 is 2.03 bits per heavy atom. The molecule has 10 heteroatoms. The topological polar surface area (TPSA) is 87.3 Å². The van der Waals surface area contributed by atoms with E-state index in [2.05, 4.69) is 9.88 Å². The predicted molar refractivity (Wildman–Crippen MR) is 134 cm³/mol. The van der Waals surface area contributed by atoms with Crippen molar-refractivity contribution in [3.63, 3.8) is 0 Å². The van der Waals surface area contributed by atoms with Crippen LogP contribution in [0.25, 0.3) is 10.9 Å². The van der Waals surface area contributed by atoms with E-state index in [0.717, 1.165) is 33.3 Å². The lowest BCUT2D eigenvalue weighted by atomic mass is 9.97. The summed E-state index contributed by atoms with van der Waals surface area (Å²) in [5, 5.41) is 10.7. The van der Waals surface area contributed by atoms with E-state index in [1.807, 2.05) is 25.3 Å². The van der Waals surface area contributed by atoms with Crippen LogP contribution in [0.2, 0.25) is 0 Å². The summed E-state index contributed by atoms with van der Waals surface area (Å²) in [4.78, 5) is 19.1. The Hall–Kier alpha value is -3.21. The van der Waals surface area contributed by atoms with Gasteiger partial charge in [-0.3, -0.25) is 9.80 Å². The Labute approximate surface area is 213 Å². The molecule has 1 atom stereocenters. The molecule has 0 bridgehead atoms. The molecule has 2 fully saturated rings. The first-order valence-electron chi connectivity index (χ1n) is 12.3. The molecule has 8 nitrogen and oxygen atoms in total. The van der Waals surface area contributed by atoms with Crippen LogP contribution in [0.1, 0.15) is 33.1 Å². The van der Waals surface area contributed by atoms with E-state index < -0.39 is 12.4 Å².